The fourth-order valence-corrected chi connectivity index (χ4v) is 4.32. The molecular weight excluding hydrogens is 212 g/mol. The summed E-state index contributed by atoms with van der Waals surface area (Å²) in [4.78, 5) is 0. The third kappa shape index (κ3) is 3.16. The Morgan fingerprint density at radius 1 is 1.13 bits per heavy atom. The van der Waals surface area contributed by atoms with Crippen LogP contribution >= 0.6 is 0 Å². The highest BCUT2D eigenvalue weighted by Crippen LogP contribution is 2.20. The second-order valence-corrected chi connectivity index (χ2v) is 7.12. The van der Waals surface area contributed by atoms with Crippen molar-refractivity contribution in [1.82, 2.24) is 5.32 Å². The molecule has 1 saturated carbocycles. The van der Waals surface area contributed by atoms with Crippen molar-refractivity contribution in [3.63, 3.8) is 0 Å². The van der Waals surface area contributed by atoms with E-state index < -0.39 is 9.84 Å². The first kappa shape index (κ1) is 11.4. The number of rotatable bonds is 2. The monoisotopic (exact) mass is 232 g/mol. The fraction of sp³-hybridized carbons (Fsp3) is 1.00. The molecular formula is C10H20N2O2S. The number of hydrogen-bond donors (Lipinski definition) is 2. The summed E-state index contributed by atoms with van der Waals surface area (Å²) in [5.41, 5.74) is 5.89. The van der Waals surface area contributed by atoms with Gasteiger partial charge >= 0.3 is 0 Å². The number of hydrogen-bond acceptors (Lipinski definition) is 4. The van der Waals surface area contributed by atoms with Gasteiger partial charge < -0.3 is 11.1 Å². The van der Waals surface area contributed by atoms with Crippen LogP contribution in [0.5, 0.6) is 0 Å². The lowest BCUT2D eigenvalue weighted by Gasteiger charge is -2.29. The van der Waals surface area contributed by atoms with Crippen LogP contribution in [0.3, 0.4) is 0 Å². The van der Waals surface area contributed by atoms with E-state index in [1.165, 1.54) is 0 Å². The summed E-state index contributed by atoms with van der Waals surface area (Å²) in [6, 6.07) is 0.909. The first-order chi connectivity index (χ1) is 7.05. The second kappa shape index (κ2) is 4.39. The maximum atomic E-state index is 11.3. The molecule has 3 N–H and O–H groups in total. The number of sulfone groups is 1. The Bertz CT molecular complexity index is 315. The van der Waals surface area contributed by atoms with Gasteiger partial charge in [-0.3, -0.25) is 0 Å². The maximum absolute atomic E-state index is 11.3. The molecule has 2 rings (SSSR count). The van der Waals surface area contributed by atoms with Crippen LogP contribution in [0, 0.1) is 0 Å². The number of nitrogens with one attached hydrogen (secondary N) is 1. The van der Waals surface area contributed by atoms with E-state index in [0.717, 1.165) is 32.1 Å². The highest BCUT2D eigenvalue weighted by Gasteiger charge is 2.30. The highest BCUT2D eigenvalue weighted by molar-refractivity contribution is 7.91. The van der Waals surface area contributed by atoms with Crippen LogP contribution < -0.4 is 11.1 Å². The van der Waals surface area contributed by atoms with Crippen molar-refractivity contribution >= 4 is 9.84 Å². The van der Waals surface area contributed by atoms with Gasteiger partial charge in [-0.1, -0.05) is 6.42 Å². The molecule has 2 aliphatic rings. The van der Waals surface area contributed by atoms with Gasteiger partial charge in [-0.05, 0) is 25.7 Å². The van der Waals surface area contributed by atoms with Crippen LogP contribution in [0.25, 0.3) is 0 Å². The Balaban J connectivity index is 1.82. The van der Waals surface area contributed by atoms with Crippen LogP contribution in [0.1, 0.15) is 32.1 Å². The van der Waals surface area contributed by atoms with Crippen LogP contribution in [-0.4, -0.2) is 38.0 Å². The van der Waals surface area contributed by atoms with E-state index >= 15 is 0 Å². The van der Waals surface area contributed by atoms with Gasteiger partial charge in [0, 0.05) is 18.1 Å². The van der Waals surface area contributed by atoms with Crippen LogP contribution in [0.4, 0.5) is 0 Å². The minimum Gasteiger partial charge on any atom is -0.328 e. The van der Waals surface area contributed by atoms with Gasteiger partial charge in [0.25, 0.3) is 0 Å². The summed E-state index contributed by atoms with van der Waals surface area (Å²) >= 11 is 0. The Morgan fingerprint density at radius 2 is 1.93 bits per heavy atom. The minimum atomic E-state index is -2.75. The molecule has 88 valence electrons. The first-order valence-corrected chi connectivity index (χ1v) is 7.59. The van der Waals surface area contributed by atoms with E-state index in [4.69, 9.17) is 5.73 Å². The lowest BCUT2D eigenvalue weighted by atomic mass is 9.91. The highest BCUT2D eigenvalue weighted by atomic mass is 32.2. The van der Waals surface area contributed by atoms with Crippen molar-refractivity contribution in [3.05, 3.63) is 0 Å². The van der Waals surface area contributed by atoms with Gasteiger partial charge in [-0.2, -0.15) is 0 Å². The van der Waals surface area contributed by atoms with Crippen molar-refractivity contribution < 1.29 is 8.42 Å². The molecule has 0 aromatic rings. The maximum Gasteiger partial charge on any atom is 0.151 e. The van der Waals surface area contributed by atoms with E-state index in [1.54, 1.807) is 0 Å². The van der Waals surface area contributed by atoms with Gasteiger partial charge in [-0.15, -0.1) is 0 Å². The van der Waals surface area contributed by atoms with Crippen LogP contribution in [-0.2, 0) is 9.84 Å². The van der Waals surface area contributed by atoms with E-state index in [0.29, 0.717) is 23.6 Å². The van der Waals surface area contributed by atoms with Crippen molar-refractivity contribution in [2.24, 2.45) is 5.73 Å². The Kier molecular flexibility index (Phi) is 3.33. The molecule has 0 amide bonds. The quantitative estimate of drug-likeness (QED) is 0.705. The molecule has 0 spiro atoms. The van der Waals surface area contributed by atoms with Crippen LogP contribution in [0.2, 0.25) is 0 Å². The summed E-state index contributed by atoms with van der Waals surface area (Å²) in [5.74, 6) is 0.669. The molecule has 2 fully saturated rings. The number of nitrogens with two attached hydrogens (primary N) is 1. The van der Waals surface area contributed by atoms with Crippen molar-refractivity contribution in [3.8, 4) is 0 Å². The topological polar surface area (TPSA) is 72.2 Å². The fourth-order valence-electron chi connectivity index (χ4n) is 2.64. The lowest BCUT2D eigenvalue weighted by molar-refractivity contribution is 0.318. The smallest absolute Gasteiger partial charge is 0.151 e. The molecule has 0 aromatic carbocycles. The van der Waals surface area contributed by atoms with E-state index in [9.17, 15) is 8.42 Å². The SMILES string of the molecule is NC1CCCC(NC2CCS(=O)(=O)C2)C1. The van der Waals surface area contributed by atoms with Crippen molar-refractivity contribution in [1.29, 1.82) is 0 Å². The predicted molar refractivity (Wildman–Crippen MR) is 60.4 cm³/mol. The average molecular weight is 232 g/mol. The molecule has 1 saturated heterocycles. The lowest BCUT2D eigenvalue weighted by Crippen LogP contribution is -2.44. The van der Waals surface area contributed by atoms with Gasteiger partial charge in [0.05, 0.1) is 11.5 Å². The Labute approximate surface area is 91.5 Å². The standard InChI is InChI=1S/C10H20N2O2S/c11-8-2-1-3-9(6-8)12-10-4-5-15(13,14)7-10/h8-10,12H,1-7,11H2. The molecule has 1 heterocycles. The zero-order valence-corrected chi connectivity index (χ0v) is 9.80. The van der Waals surface area contributed by atoms with Crippen LogP contribution in [0.15, 0.2) is 0 Å². The van der Waals surface area contributed by atoms with E-state index in [2.05, 4.69) is 5.32 Å². The summed E-state index contributed by atoms with van der Waals surface area (Å²) in [7, 11) is -2.75. The van der Waals surface area contributed by atoms with Gasteiger partial charge in [0.1, 0.15) is 0 Å². The molecule has 4 nitrogen and oxygen atoms in total. The molecule has 0 aromatic heterocycles. The van der Waals surface area contributed by atoms with Crippen molar-refractivity contribution in [2.75, 3.05) is 11.5 Å². The Hall–Kier alpha value is -0.130. The predicted octanol–water partition coefficient (Wildman–Crippen LogP) is 0.0330. The normalized spacial score (nSPS) is 40.5. The second-order valence-electron chi connectivity index (χ2n) is 4.89. The molecule has 3 unspecified atom stereocenters. The third-order valence-electron chi connectivity index (χ3n) is 3.42. The molecule has 3 atom stereocenters. The summed E-state index contributed by atoms with van der Waals surface area (Å²) < 4.78 is 22.6. The summed E-state index contributed by atoms with van der Waals surface area (Å²) in [5, 5.41) is 3.44. The van der Waals surface area contributed by atoms with E-state index in [1.807, 2.05) is 0 Å². The Morgan fingerprint density at radius 3 is 2.53 bits per heavy atom. The largest absolute Gasteiger partial charge is 0.328 e. The van der Waals surface area contributed by atoms with Gasteiger partial charge in [-0.25, -0.2) is 8.42 Å². The summed E-state index contributed by atoms with van der Waals surface area (Å²) in [6.07, 6.45) is 5.19. The zero-order chi connectivity index (χ0) is 10.9. The molecule has 1 aliphatic heterocycles. The van der Waals surface area contributed by atoms with Gasteiger partial charge in [0.2, 0.25) is 0 Å². The minimum absolute atomic E-state index is 0.172. The molecule has 5 heteroatoms. The molecule has 15 heavy (non-hydrogen) atoms. The first-order valence-electron chi connectivity index (χ1n) is 5.77. The molecule has 0 bridgehead atoms. The summed E-state index contributed by atoms with van der Waals surface area (Å²) in [6.45, 7) is 0. The molecule has 1 aliphatic carbocycles. The average Bonchev–Trinajstić information content (AvgIpc) is 2.45. The van der Waals surface area contributed by atoms with E-state index in [-0.39, 0.29) is 6.04 Å². The van der Waals surface area contributed by atoms with Crippen molar-refractivity contribution in [2.45, 2.75) is 50.2 Å². The third-order valence-corrected chi connectivity index (χ3v) is 5.19. The zero-order valence-electron chi connectivity index (χ0n) is 8.98. The molecule has 0 radical (unpaired) electrons. The van der Waals surface area contributed by atoms with Gasteiger partial charge in [0.15, 0.2) is 9.84 Å².